The van der Waals surface area contributed by atoms with E-state index in [0.717, 1.165) is 11.6 Å². The molecule has 0 spiro atoms. The molecule has 0 amide bonds. The van der Waals surface area contributed by atoms with Gasteiger partial charge in [0.25, 0.3) is 0 Å². The number of pyridine rings is 1. The third kappa shape index (κ3) is 2.24. The van der Waals surface area contributed by atoms with E-state index >= 15 is 0 Å². The molecule has 0 atom stereocenters. The average molecular weight is 223 g/mol. The van der Waals surface area contributed by atoms with Crippen LogP contribution in [0.5, 0.6) is 5.88 Å². The number of aromatic nitrogens is 1. The van der Waals surface area contributed by atoms with Crippen LogP contribution >= 0.6 is 0 Å². The molecule has 78 valence electrons. The highest BCUT2D eigenvalue weighted by molar-refractivity contribution is 7.86. The van der Waals surface area contributed by atoms with Gasteiger partial charge in [-0.3, -0.25) is 0 Å². The Morgan fingerprint density at radius 2 is 1.93 bits per heavy atom. The molecule has 0 saturated heterocycles. The lowest BCUT2D eigenvalue weighted by molar-refractivity contribution is 0.486. The molecule has 0 bridgehead atoms. The molecule has 0 saturated carbocycles. The molecule has 2 aromatic rings. The predicted molar refractivity (Wildman–Crippen MR) is 57.2 cm³/mol. The molecule has 2 rings (SSSR count). The van der Waals surface area contributed by atoms with Crippen LogP contribution < -0.4 is 4.18 Å². The van der Waals surface area contributed by atoms with Crippen molar-refractivity contribution in [3.8, 4) is 5.88 Å². The Kier molecular flexibility index (Phi) is 2.32. The minimum absolute atomic E-state index is 0.121. The molecule has 0 aliphatic carbocycles. The van der Waals surface area contributed by atoms with Crippen molar-refractivity contribution in [2.75, 3.05) is 6.26 Å². The molecule has 5 heteroatoms. The van der Waals surface area contributed by atoms with Crippen LogP contribution in [0.25, 0.3) is 10.8 Å². The van der Waals surface area contributed by atoms with E-state index in [4.69, 9.17) is 4.18 Å². The normalized spacial score (nSPS) is 11.5. The minimum Gasteiger partial charge on any atom is -0.361 e. The van der Waals surface area contributed by atoms with Gasteiger partial charge < -0.3 is 4.18 Å². The van der Waals surface area contributed by atoms with E-state index in [0.29, 0.717) is 5.39 Å². The van der Waals surface area contributed by atoms with Crippen molar-refractivity contribution in [3.63, 3.8) is 0 Å². The molecule has 0 radical (unpaired) electrons. The van der Waals surface area contributed by atoms with Crippen molar-refractivity contribution in [1.29, 1.82) is 0 Å². The lowest BCUT2D eigenvalue weighted by Crippen LogP contribution is -2.07. The van der Waals surface area contributed by atoms with Crippen LogP contribution in [0, 0.1) is 0 Å². The van der Waals surface area contributed by atoms with Crippen molar-refractivity contribution in [2.24, 2.45) is 0 Å². The van der Waals surface area contributed by atoms with E-state index in [1.54, 1.807) is 18.2 Å². The lowest BCUT2D eigenvalue weighted by Gasteiger charge is -2.04. The van der Waals surface area contributed by atoms with Gasteiger partial charge in [-0.1, -0.05) is 18.2 Å². The molecule has 4 nitrogen and oxygen atoms in total. The van der Waals surface area contributed by atoms with Gasteiger partial charge in [0.1, 0.15) is 0 Å². The van der Waals surface area contributed by atoms with E-state index in [-0.39, 0.29) is 5.88 Å². The molecule has 0 fully saturated rings. The smallest absolute Gasteiger partial charge is 0.307 e. The molecule has 0 unspecified atom stereocenters. The number of fused-ring (bicyclic) bond motifs is 1. The summed E-state index contributed by atoms with van der Waals surface area (Å²) in [6.45, 7) is 0. The van der Waals surface area contributed by atoms with Crippen LogP contribution in [0.4, 0.5) is 0 Å². The second kappa shape index (κ2) is 3.51. The zero-order valence-electron chi connectivity index (χ0n) is 8.04. The van der Waals surface area contributed by atoms with Crippen LogP contribution in [-0.4, -0.2) is 19.7 Å². The first kappa shape index (κ1) is 9.92. The van der Waals surface area contributed by atoms with Crippen molar-refractivity contribution in [2.45, 2.75) is 0 Å². The van der Waals surface area contributed by atoms with Gasteiger partial charge in [-0.05, 0) is 17.5 Å². The maximum atomic E-state index is 11.0. The Bertz CT molecular complexity index is 587. The molecule has 1 heterocycles. The Hall–Kier alpha value is -1.62. The largest absolute Gasteiger partial charge is 0.361 e. The fourth-order valence-corrected chi connectivity index (χ4v) is 1.72. The first-order chi connectivity index (χ1) is 7.06. The van der Waals surface area contributed by atoms with Gasteiger partial charge in [-0.2, -0.15) is 8.42 Å². The number of benzene rings is 1. The summed E-state index contributed by atoms with van der Waals surface area (Å²) in [5.74, 6) is 0.121. The topological polar surface area (TPSA) is 56.3 Å². The van der Waals surface area contributed by atoms with Crippen molar-refractivity contribution < 1.29 is 12.6 Å². The van der Waals surface area contributed by atoms with Crippen LogP contribution in [0.3, 0.4) is 0 Å². The molecule has 1 aromatic heterocycles. The lowest BCUT2D eigenvalue weighted by atomic mass is 10.2. The number of nitrogens with zero attached hydrogens (tertiary/aromatic N) is 1. The summed E-state index contributed by atoms with van der Waals surface area (Å²) in [6, 6.07) is 9.10. The second-order valence-electron chi connectivity index (χ2n) is 3.12. The Morgan fingerprint density at radius 3 is 2.67 bits per heavy atom. The summed E-state index contributed by atoms with van der Waals surface area (Å²) in [6.07, 6.45) is 2.51. The minimum atomic E-state index is -3.53. The van der Waals surface area contributed by atoms with Gasteiger partial charge in [0, 0.05) is 11.6 Å². The van der Waals surface area contributed by atoms with E-state index in [1.807, 2.05) is 12.1 Å². The quantitative estimate of drug-likeness (QED) is 0.725. The van der Waals surface area contributed by atoms with Crippen LogP contribution in [0.2, 0.25) is 0 Å². The fraction of sp³-hybridized carbons (Fsp3) is 0.100. The van der Waals surface area contributed by atoms with Crippen molar-refractivity contribution in [3.05, 3.63) is 36.5 Å². The first-order valence-corrected chi connectivity index (χ1v) is 6.11. The Balaban J connectivity index is 2.61. The zero-order chi connectivity index (χ0) is 10.9. The zero-order valence-corrected chi connectivity index (χ0v) is 8.86. The number of hydrogen-bond acceptors (Lipinski definition) is 4. The van der Waals surface area contributed by atoms with Crippen molar-refractivity contribution >= 4 is 20.9 Å². The van der Waals surface area contributed by atoms with Gasteiger partial charge in [0.05, 0.1) is 6.26 Å². The van der Waals surface area contributed by atoms with E-state index in [9.17, 15) is 8.42 Å². The summed E-state index contributed by atoms with van der Waals surface area (Å²) in [5, 5.41) is 1.58. The van der Waals surface area contributed by atoms with E-state index in [1.165, 1.54) is 6.20 Å². The summed E-state index contributed by atoms with van der Waals surface area (Å²) < 4.78 is 26.7. The summed E-state index contributed by atoms with van der Waals surface area (Å²) in [7, 11) is -3.53. The van der Waals surface area contributed by atoms with Gasteiger partial charge in [-0.25, -0.2) is 4.98 Å². The highest BCUT2D eigenvalue weighted by Crippen LogP contribution is 2.23. The molecular weight excluding hydrogens is 214 g/mol. The second-order valence-corrected chi connectivity index (χ2v) is 4.70. The summed E-state index contributed by atoms with van der Waals surface area (Å²) in [5.41, 5.74) is 0. The van der Waals surface area contributed by atoms with Gasteiger partial charge in [0.2, 0.25) is 5.88 Å². The van der Waals surface area contributed by atoms with Gasteiger partial charge in [0.15, 0.2) is 0 Å². The maximum absolute atomic E-state index is 11.0. The van der Waals surface area contributed by atoms with Crippen molar-refractivity contribution in [1.82, 2.24) is 4.98 Å². The fourth-order valence-electron chi connectivity index (χ4n) is 1.30. The number of hydrogen-bond donors (Lipinski definition) is 0. The van der Waals surface area contributed by atoms with E-state index in [2.05, 4.69) is 4.98 Å². The van der Waals surface area contributed by atoms with Gasteiger partial charge >= 0.3 is 10.1 Å². The molecular formula is C10H9NO3S. The predicted octanol–water partition coefficient (Wildman–Crippen LogP) is 1.57. The Morgan fingerprint density at radius 1 is 1.20 bits per heavy atom. The molecule has 0 aliphatic heterocycles. The number of rotatable bonds is 2. The summed E-state index contributed by atoms with van der Waals surface area (Å²) >= 11 is 0. The standard InChI is InChI=1S/C10H9NO3S/c1-15(12,13)14-10-9-5-3-2-4-8(9)6-7-11-10/h2-7H,1H3. The third-order valence-corrected chi connectivity index (χ3v) is 2.33. The average Bonchev–Trinajstić information content (AvgIpc) is 2.16. The molecule has 15 heavy (non-hydrogen) atoms. The SMILES string of the molecule is CS(=O)(=O)Oc1nccc2ccccc12. The Labute approximate surface area is 87.6 Å². The van der Waals surface area contributed by atoms with E-state index < -0.39 is 10.1 Å². The molecule has 0 aliphatic rings. The third-order valence-electron chi connectivity index (χ3n) is 1.87. The molecule has 0 N–H and O–H groups in total. The van der Waals surface area contributed by atoms with Crippen LogP contribution in [0.1, 0.15) is 0 Å². The monoisotopic (exact) mass is 223 g/mol. The highest BCUT2D eigenvalue weighted by atomic mass is 32.2. The highest BCUT2D eigenvalue weighted by Gasteiger charge is 2.08. The van der Waals surface area contributed by atoms with Gasteiger partial charge in [-0.15, -0.1) is 0 Å². The maximum Gasteiger partial charge on any atom is 0.307 e. The van der Waals surface area contributed by atoms with Crippen LogP contribution in [0.15, 0.2) is 36.5 Å². The summed E-state index contributed by atoms with van der Waals surface area (Å²) in [4.78, 5) is 3.89. The first-order valence-electron chi connectivity index (χ1n) is 4.29. The molecule has 1 aromatic carbocycles. The van der Waals surface area contributed by atoms with Crippen LogP contribution in [-0.2, 0) is 10.1 Å².